The van der Waals surface area contributed by atoms with E-state index >= 15 is 0 Å². The minimum atomic E-state index is -1.03. The fourth-order valence-corrected chi connectivity index (χ4v) is 0.914. The van der Waals surface area contributed by atoms with E-state index in [1.54, 1.807) is 20.8 Å². The lowest BCUT2D eigenvalue weighted by Gasteiger charge is -2.20. The Hall–Kier alpha value is -0.810. The first-order valence-corrected chi connectivity index (χ1v) is 4.99. The third-order valence-electron chi connectivity index (χ3n) is 1.31. The third-order valence-corrected chi connectivity index (χ3v) is 1.42. The minimum absolute atomic E-state index is 0.215. The summed E-state index contributed by atoms with van der Waals surface area (Å²) in [6.45, 7) is 5.19. The van der Waals surface area contributed by atoms with Gasteiger partial charge in [0.15, 0.2) is 6.07 Å². The van der Waals surface area contributed by atoms with Gasteiger partial charge in [-0.15, -0.1) is 0 Å². The smallest absolute Gasteiger partial charge is 0.324 e. The molecule has 0 rings (SSSR count). The Morgan fingerprint density at radius 1 is 1.40 bits per heavy atom. The molecular weight excluding hydrogens is 222 g/mol. The Kier molecular flexibility index (Phi) is 5.60. The maximum atomic E-state index is 11.2. The molecule has 0 aromatic carbocycles. The van der Waals surface area contributed by atoms with Crippen molar-refractivity contribution in [2.75, 3.05) is 6.07 Å². The zero-order chi connectivity index (χ0) is 12.1. The minimum Gasteiger partial charge on any atom is -0.460 e. The van der Waals surface area contributed by atoms with Crippen molar-refractivity contribution in [3.8, 4) is 0 Å². The first-order valence-electron chi connectivity index (χ1n) is 4.46. The second-order valence-electron chi connectivity index (χ2n) is 3.97. The Labute approximate surface area is 93.9 Å². The fourth-order valence-electron chi connectivity index (χ4n) is 0.807. The molecule has 6 heteroatoms. The number of carbonyl (C=O) groups excluding carboxylic acids is 2. The highest BCUT2D eigenvalue weighted by molar-refractivity contribution is 6.17. The molecule has 1 unspecified atom stereocenters. The van der Waals surface area contributed by atoms with E-state index in [1.807, 2.05) is 0 Å². The molecule has 0 aliphatic rings. The molecule has 0 aromatic heterocycles. The number of hydrogen-bond donors (Lipinski definition) is 1. The number of esters is 2. The maximum absolute atomic E-state index is 11.2. The quantitative estimate of drug-likeness (QED) is 0.578. The zero-order valence-electron chi connectivity index (χ0n) is 9.08. The number of carbonyl (C=O) groups is 2. The first-order chi connectivity index (χ1) is 6.76. The highest BCUT2D eigenvalue weighted by Gasteiger charge is 2.23. The molecule has 0 fully saturated rings. The standard InChI is InChI=1S/C9H16ClNO4/c1-9(2,3)15-7(12)4-6(11)8(13)14-5-10/h6H,4-5,11H2,1-3H3. The van der Waals surface area contributed by atoms with Gasteiger partial charge < -0.3 is 15.2 Å². The molecule has 0 radical (unpaired) electrons. The van der Waals surface area contributed by atoms with Crippen LogP contribution in [0, 0.1) is 0 Å². The predicted molar refractivity (Wildman–Crippen MR) is 55.2 cm³/mol. The number of halogens is 1. The van der Waals surface area contributed by atoms with Crippen LogP contribution in [0.25, 0.3) is 0 Å². The summed E-state index contributed by atoms with van der Waals surface area (Å²) >= 11 is 5.17. The van der Waals surface area contributed by atoms with Crippen LogP contribution in [-0.4, -0.2) is 29.6 Å². The summed E-state index contributed by atoms with van der Waals surface area (Å²) in [6.07, 6.45) is -0.215. The lowest BCUT2D eigenvalue weighted by Crippen LogP contribution is -2.36. The largest absolute Gasteiger partial charge is 0.460 e. The van der Waals surface area contributed by atoms with Gasteiger partial charge in [0, 0.05) is 0 Å². The molecular formula is C9H16ClNO4. The lowest BCUT2D eigenvalue weighted by molar-refractivity contribution is -0.158. The highest BCUT2D eigenvalue weighted by atomic mass is 35.5. The number of hydrogen-bond acceptors (Lipinski definition) is 5. The Balaban J connectivity index is 4.02. The molecule has 0 amide bonds. The molecule has 0 saturated carbocycles. The summed E-state index contributed by atoms with van der Waals surface area (Å²) in [4.78, 5) is 22.2. The van der Waals surface area contributed by atoms with Crippen molar-refractivity contribution in [1.82, 2.24) is 0 Å². The van der Waals surface area contributed by atoms with Crippen molar-refractivity contribution in [3.05, 3.63) is 0 Å². The van der Waals surface area contributed by atoms with Crippen LogP contribution in [0.2, 0.25) is 0 Å². The van der Waals surface area contributed by atoms with Gasteiger partial charge in [-0.1, -0.05) is 11.6 Å². The van der Waals surface area contributed by atoms with Crippen LogP contribution in [0.5, 0.6) is 0 Å². The van der Waals surface area contributed by atoms with E-state index in [1.165, 1.54) is 0 Å². The van der Waals surface area contributed by atoms with Crippen LogP contribution in [-0.2, 0) is 19.1 Å². The van der Waals surface area contributed by atoms with Crippen molar-refractivity contribution < 1.29 is 19.1 Å². The monoisotopic (exact) mass is 237 g/mol. The average Bonchev–Trinajstić information content (AvgIpc) is 2.00. The second-order valence-corrected chi connectivity index (χ2v) is 4.19. The molecule has 0 aromatic rings. The van der Waals surface area contributed by atoms with E-state index < -0.39 is 23.6 Å². The predicted octanol–water partition coefficient (Wildman–Crippen LogP) is 0.785. The molecule has 5 nitrogen and oxygen atoms in total. The Bertz CT molecular complexity index is 237. The molecule has 2 N–H and O–H groups in total. The van der Waals surface area contributed by atoms with E-state index in [0.717, 1.165) is 0 Å². The molecule has 15 heavy (non-hydrogen) atoms. The summed E-state index contributed by atoms with van der Waals surface area (Å²) in [5, 5.41) is 0. The number of alkyl halides is 1. The van der Waals surface area contributed by atoms with Gasteiger partial charge in [-0.3, -0.25) is 9.59 Å². The van der Waals surface area contributed by atoms with Crippen molar-refractivity contribution in [2.24, 2.45) is 5.73 Å². The van der Waals surface area contributed by atoms with Gasteiger partial charge in [0.25, 0.3) is 0 Å². The molecule has 0 saturated heterocycles. The van der Waals surface area contributed by atoms with Crippen molar-refractivity contribution in [1.29, 1.82) is 0 Å². The van der Waals surface area contributed by atoms with Crippen LogP contribution >= 0.6 is 11.6 Å². The highest BCUT2D eigenvalue weighted by Crippen LogP contribution is 2.09. The van der Waals surface area contributed by atoms with E-state index in [4.69, 9.17) is 22.1 Å². The van der Waals surface area contributed by atoms with E-state index in [0.29, 0.717) is 0 Å². The van der Waals surface area contributed by atoms with Gasteiger partial charge >= 0.3 is 11.9 Å². The van der Waals surface area contributed by atoms with Crippen LogP contribution in [0.4, 0.5) is 0 Å². The van der Waals surface area contributed by atoms with Gasteiger partial charge in [0.1, 0.15) is 11.6 Å². The average molecular weight is 238 g/mol. The zero-order valence-corrected chi connectivity index (χ0v) is 9.84. The molecule has 0 aliphatic carbocycles. The number of rotatable bonds is 4. The fraction of sp³-hybridized carbons (Fsp3) is 0.778. The summed E-state index contributed by atoms with van der Waals surface area (Å²) in [6, 6.07) is -1.31. The van der Waals surface area contributed by atoms with Crippen molar-refractivity contribution in [3.63, 3.8) is 0 Å². The summed E-state index contributed by atoms with van der Waals surface area (Å²) in [7, 11) is 0. The van der Waals surface area contributed by atoms with Gasteiger partial charge in [-0.05, 0) is 20.8 Å². The Morgan fingerprint density at radius 3 is 2.33 bits per heavy atom. The van der Waals surface area contributed by atoms with E-state index in [-0.39, 0.29) is 12.5 Å². The van der Waals surface area contributed by atoms with Gasteiger partial charge in [-0.25, -0.2) is 0 Å². The molecule has 1 atom stereocenters. The van der Waals surface area contributed by atoms with Crippen LogP contribution in [0.3, 0.4) is 0 Å². The van der Waals surface area contributed by atoms with Gasteiger partial charge in [0.05, 0.1) is 6.42 Å². The van der Waals surface area contributed by atoms with Gasteiger partial charge in [-0.2, -0.15) is 0 Å². The van der Waals surface area contributed by atoms with E-state index in [9.17, 15) is 9.59 Å². The lowest BCUT2D eigenvalue weighted by atomic mass is 10.2. The molecule has 88 valence electrons. The van der Waals surface area contributed by atoms with Crippen molar-refractivity contribution >= 4 is 23.5 Å². The molecule has 0 aliphatic heterocycles. The number of ether oxygens (including phenoxy) is 2. The molecule has 0 heterocycles. The SMILES string of the molecule is CC(C)(C)OC(=O)CC(N)C(=O)OCCl. The maximum Gasteiger partial charge on any atom is 0.324 e. The summed E-state index contributed by atoms with van der Waals surface area (Å²) < 4.78 is 9.41. The summed E-state index contributed by atoms with van der Waals surface area (Å²) in [5.74, 6) is -1.25. The van der Waals surface area contributed by atoms with Gasteiger partial charge in [0.2, 0.25) is 0 Å². The topological polar surface area (TPSA) is 78.6 Å². The Morgan fingerprint density at radius 2 is 1.93 bits per heavy atom. The second kappa shape index (κ2) is 5.92. The third kappa shape index (κ3) is 7.16. The van der Waals surface area contributed by atoms with Crippen molar-refractivity contribution in [2.45, 2.75) is 38.8 Å². The van der Waals surface area contributed by atoms with Crippen LogP contribution < -0.4 is 5.73 Å². The molecule has 0 bridgehead atoms. The number of nitrogens with two attached hydrogens (primary N) is 1. The normalized spacial score (nSPS) is 13.1. The van der Waals surface area contributed by atoms with E-state index in [2.05, 4.69) is 4.74 Å². The van der Waals surface area contributed by atoms with Crippen LogP contribution in [0.1, 0.15) is 27.2 Å². The molecule has 0 spiro atoms. The first kappa shape index (κ1) is 14.2. The summed E-state index contributed by atoms with van der Waals surface area (Å²) in [5.41, 5.74) is 4.80. The van der Waals surface area contributed by atoms with Crippen LogP contribution in [0.15, 0.2) is 0 Å².